The number of nitro groups is 1. The summed E-state index contributed by atoms with van der Waals surface area (Å²) >= 11 is 6.43. The van der Waals surface area contributed by atoms with Crippen LogP contribution < -0.4 is 14.4 Å². The smallest absolute Gasteiger partial charge is 0.276 e. The number of methoxy groups -OCH3 is 2. The zero-order chi connectivity index (χ0) is 19.6. The van der Waals surface area contributed by atoms with Crippen molar-refractivity contribution in [3.8, 4) is 11.5 Å². The lowest BCUT2D eigenvalue weighted by Gasteiger charge is -2.18. The number of carbonyl (C=O) groups is 1. The highest BCUT2D eigenvalue weighted by molar-refractivity contribution is 8.27. The summed E-state index contributed by atoms with van der Waals surface area (Å²) in [5.74, 6) is 0.640. The Morgan fingerprint density at radius 3 is 2.59 bits per heavy atom. The lowest BCUT2D eigenvalue weighted by molar-refractivity contribution is -0.385. The zero-order valence-corrected chi connectivity index (χ0v) is 16.0. The first-order chi connectivity index (χ1) is 13.0. The van der Waals surface area contributed by atoms with Crippen LogP contribution in [0.25, 0.3) is 6.08 Å². The molecule has 3 rings (SSSR count). The SMILES string of the molecule is COc1ccc(N2C(=O)/C(=C/c3ccccc3[N+](=O)[O-])SC2=S)c(OC)c1. The molecule has 9 heteroatoms. The predicted octanol–water partition coefficient (Wildman–Crippen LogP) is 4.02. The van der Waals surface area contributed by atoms with Crippen molar-refractivity contribution in [2.24, 2.45) is 0 Å². The topological polar surface area (TPSA) is 81.9 Å². The third kappa shape index (κ3) is 3.64. The van der Waals surface area contributed by atoms with Gasteiger partial charge in [-0.05, 0) is 24.3 Å². The molecule has 0 saturated carbocycles. The maximum absolute atomic E-state index is 12.9. The number of nitro benzene ring substituents is 1. The number of amides is 1. The quantitative estimate of drug-likeness (QED) is 0.323. The maximum Gasteiger partial charge on any atom is 0.276 e. The Hall–Kier alpha value is -2.91. The Bertz CT molecular complexity index is 974. The number of hydrogen-bond acceptors (Lipinski definition) is 7. The first-order valence-corrected chi connectivity index (χ1v) is 8.92. The van der Waals surface area contributed by atoms with Gasteiger partial charge in [0.05, 0.1) is 35.3 Å². The number of anilines is 1. The minimum absolute atomic E-state index is 0.0789. The molecular formula is C18H14N2O5S2. The van der Waals surface area contributed by atoms with Crippen LogP contribution in [0.15, 0.2) is 47.4 Å². The van der Waals surface area contributed by atoms with Gasteiger partial charge in [0.25, 0.3) is 11.6 Å². The summed E-state index contributed by atoms with van der Waals surface area (Å²) in [4.78, 5) is 25.3. The van der Waals surface area contributed by atoms with Crippen molar-refractivity contribution in [2.45, 2.75) is 0 Å². The zero-order valence-electron chi connectivity index (χ0n) is 14.4. The highest BCUT2D eigenvalue weighted by Crippen LogP contribution is 2.41. The van der Waals surface area contributed by atoms with Crippen molar-refractivity contribution >= 4 is 51.7 Å². The van der Waals surface area contributed by atoms with E-state index in [-0.39, 0.29) is 11.6 Å². The largest absolute Gasteiger partial charge is 0.497 e. The molecule has 0 atom stereocenters. The van der Waals surface area contributed by atoms with Gasteiger partial charge in [-0.1, -0.05) is 36.1 Å². The van der Waals surface area contributed by atoms with Crippen LogP contribution in [0.3, 0.4) is 0 Å². The average Bonchev–Trinajstić information content (AvgIpc) is 2.94. The molecule has 0 radical (unpaired) electrons. The Balaban J connectivity index is 2.01. The molecule has 1 saturated heterocycles. The fourth-order valence-electron chi connectivity index (χ4n) is 2.56. The Labute approximate surface area is 164 Å². The van der Waals surface area contributed by atoms with Gasteiger partial charge in [-0.25, -0.2) is 0 Å². The molecule has 0 aliphatic carbocycles. The third-order valence-electron chi connectivity index (χ3n) is 3.84. The van der Waals surface area contributed by atoms with Gasteiger partial charge in [-0.15, -0.1) is 0 Å². The Morgan fingerprint density at radius 2 is 1.93 bits per heavy atom. The molecule has 2 aromatic rings. The molecule has 0 bridgehead atoms. The highest BCUT2D eigenvalue weighted by atomic mass is 32.2. The molecule has 0 N–H and O–H groups in total. The monoisotopic (exact) mass is 402 g/mol. The standard InChI is InChI=1S/C18H14N2O5S2/c1-24-12-7-8-14(15(10-12)25-2)19-17(21)16(27-18(19)26)9-11-5-3-4-6-13(11)20(22)23/h3-10H,1-2H3/b16-9-. The summed E-state index contributed by atoms with van der Waals surface area (Å²) < 4.78 is 10.8. The maximum atomic E-state index is 12.9. The number of para-hydroxylation sites is 1. The molecule has 7 nitrogen and oxygen atoms in total. The van der Waals surface area contributed by atoms with Crippen molar-refractivity contribution < 1.29 is 19.2 Å². The molecule has 1 fully saturated rings. The molecule has 0 aromatic heterocycles. The van der Waals surface area contributed by atoms with Crippen LogP contribution in [-0.4, -0.2) is 29.4 Å². The van der Waals surface area contributed by atoms with Crippen molar-refractivity contribution in [1.29, 1.82) is 0 Å². The van der Waals surface area contributed by atoms with E-state index in [1.165, 1.54) is 31.3 Å². The Kier molecular flexibility index (Phi) is 5.43. The fourth-order valence-corrected chi connectivity index (χ4v) is 3.84. The number of ether oxygens (including phenoxy) is 2. The second-order valence-electron chi connectivity index (χ2n) is 5.37. The highest BCUT2D eigenvalue weighted by Gasteiger charge is 2.35. The molecule has 1 amide bonds. The Morgan fingerprint density at radius 1 is 1.19 bits per heavy atom. The second kappa shape index (κ2) is 7.77. The summed E-state index contributed by atoms with van der Waals surface area (Å²) in [7, 11) is 3.02. The van der Waals surface area contributed by atoms with Gasteiger partial charge in [0.1, 0.15) is 11.5 Å². The molecule has 0 unspecified atom stereocenters. The minimum atomic E-state index is -0.487. The van der Waals surface area contributed by atoms with Gasteiger partial charge in [-0.2, -0.15) is 0 Å². The average molecular weight is 402 g/mol. The lowest BCUT2D eigenvalue weighted by Crippen LogP contribution is -2.27. The minimum Gasteiger partial charge on any atom is -0.497 e. The molecule has 27 heavy (non-hydrogen) atoms. The van der Waals surface area contributed by atoms with Gasteiger partial charge in [-0.3, -0.25) is 19.8 Å². The van der Waals surface area contributed by atoms with Gasteiger partial charge in [0.15, 0.2) is 4.32 Å². The van der Waals surface area contributed by atoms with Crippen molar-refractivity contribution in [1.82, 2.24) is 0 Å². The summed E-state index contributed by atoms with van der Waals surface area (Å²) in [5.41, 5.74) is 0.737. The van der Waals surface area contributed by atoms with E-state index in [4.69, 9.17) is 21.7 Å². The van der Waals surface area contributed by atoms with Gasteiger partial charge in [0, 0.05) is 12.1 Å². The van der Waals surface area contributed by atoms with E-state index in [2.05, 4.69) is 0 Å². The predicted molar refractivity (Wildman–Crippen MR) is 108 cm³/mol. The van der Waals surface area contributed by atoms with Gasteiger partial charge < -0.3 is 9.47 Å². The number of thiocarbonyl (C=S) groups is 1. The van der Waals surface area contributed by atoms with E-state index in [9.17, 15) is 14.9 Å². The van der Waals surface area contributed by atoms with Crippen molar-refractivity contribution in [3.63, 3.8) is 0 Å². The van der Waals surface area contributed by atoms with E-state index in [0.717, 1.165) is 11.8 Å². The summed E-state index contributed by atoms with van der Waals surface area (Å²) in [6.07, 6.45) is 1.48. The summed E-state index contributed by atoms with van der Waals surface area (Å²) in [5, 5.41) is 11.2. The molecule has 2 aromatic carbocycles. The second-order valence-corrected chi connectivity index (χ2v) is 7.05. The normalized spacial score (nSPS) is 15.3. The molecule has 1 heterocycles. The fraction of sp³-hybridized carbons (Fsp3) is 0.111. The molecule has 138 valence electrons. The van der Waals surface area contributed by atoms with E-state index in [0.29, 0.717) is 32.0 Å². The van der Waals surface area contributed by atoms with Crippen molar-refractivity contribution in [2.75, 3.05) is 19.1 Å². The number of hydrogen-bond donors (Lipinski definition) is 0. The number of benzene rings is 2. The number of thioether (sulfide) groups is 1. The third-order valence-corrected chi connectivity index (χ3v) is 5.14. The van der Waals surface area contributed by atoms with Crippen LogP contribution in [0.2, 0.25) is 0 Å². The van der Waals surface area contributed by atoms with Crippen LogP contribution in [0.5, 0.6) is 11.5 Å². The van der Waals surface area contributed by atoms with Crippen LogP contribution in [-0.2, 0) is 4.79 Å². The summed E-state index contributed by atoms with van der Waals surface area (Å²) in [6, 6.07) is 11.2. The van der Waals surface area contributed by atoms with Crippen molar-refractivity contribution in [3.05, 3.63) is 63.0 Å². The summed E-state index contributed by atoms with van der Waals surface area (Å²) in [6.45, 7) is 0. The van der Waals surface area contributed by atoms with E-state index in [1.54, 1.807) is 36.4 Å². The first kappa shape index (κ1) is 18.9. The van der Waals surface area contributed by atoms with Gasteiger partial charge >= 0.3 is 0 Å². The van der Waals surface area contributed by atoms with E-state index < -0.39 is 4.92 Å². The lowest BCUT2D eigenvalue weighted by atomic mass is 10.1. The molecule has 1 aliphatic heterocycles. The number of rotatable bonds is 5. The van der Waals surface area contributed by atoms with Crippen LogP contribution >= 0.6 is 24.0 Å². The number of nitrogens with zero attached hydrogens (tertiary/aromatic N) is 2. The van der Waals surface area contributed by atoms with Crippen LogP contribution in [0, 0.1) is 10.1 Å². The molecule has 0 spiro atoms. The molecule has 1 aliphatic rings. The van der Waals surface area contributed by atoms with Crippen LogP contribution in [0.1, 0.15) is 5.56 Å². The van der Waals surface area contributed by atoms with E-state index >= 15 is 0 Å². The molecular weight excluding hydrogens is 388 g/mol. The van der Waals surface area contributed by atoms with Crippen LogP contribution in [0.4, 0.5) is 11.4 Å². The number of carbonyl (C=O) groups excluding carboxylic acids is 1. The first-order valence-electron chi connectivity index (χ1n) is 7.69. The van der Waals surface area contributed by atoms with E-state index in [1.807, 2.05) is 0 Å². The van der Waals surface area contributed by atoms with Gasteiger partial charge in [0.2, 0.25) is 0 Å².